The van der Waals surface area contributed by atoms with Gasteiger partial charge in [0.1, 0.15) is 0 Å². The number of halogens is 1. The topological polar surface area (TPSA) is 66.7 Å². The fourth-order valence-electron chi connectivity index (χ4n) is 0.800. The molecule has 5 heteroatoms. The molecule has 0 bridgehead atoms. The lowest BCUT2D eigenvalue weighted by Crippen LogP contribution is -1.96. The minimum atomic E-state index is -1.12. The number of isocyanates is 1. The summed E-state index contributed by atoms with van der Waals surface area (Å²) >= 11 is 5.59. The van der Waals surface area contributed by atoms with E-state index in [4.69, 9.17) is 16.7 Å². The molecule has 0 atom stereocenters. The second kappa shape index (κ2) is 3.85. The molecule has 0 radical (unpaired) electrons. The highest BCUT2D eigenvalue weighted by molar-refractivity contribution is 6.33. The third kappa shape index (κ3) is 2.15. The van der Waals surface area contributed by atoms with Crippen molar-refractivity contribution in [2.24, 2.45) is 4.99 Å². The van der Waals surface area contributed by atoms with E-state index < -0.39 is 5.97 Å². The standard InChI is InChI=1S/C8H4ClNO3/c9-7-3-5(10-4-11)1-2-6(7)8(12)13/h1-3H,(H,12,13). The number of carbonyl (C=O) groups is 1. The Bertz CT molecular complexity index is 396. The summed E-state index contributed by atoms with van der Waals surface area (Å²) < 4.78 is 0. The Balaban J connectivity index is 3.19. The molecule has 0 aliphatic heterocycles. The van der Waals surface area contributed by atoms with E-state index in [0.717, 1.165) is 0 Å². The molecule has 0 saturated carbocycles. The largest absolute Gasteiger partial charge is 0.478 e. The van der Waals surface area contributed by atoms with E-state index in [1.165, 1.54) is 24.3 Å². The minimum absolute atomic E-state index is 0.0217. The highest BCUT2D eigenvalue weighted by Gasteiger charge is 2.07. The van der Waals surface area contributed by atoms with Crippen LogP contribution in [0.15, 0.2) is 23.2 Å². The number of carboxylic acid groups (broad SMARTS) is 1. The molecule has 0 unspecified atom stereocenters. The monoisotopic (exact) mass is 197 g/mol. The first kappa shape index (κ1) is 9.45. The van der Waals surface area contributed by atoms with Crippen LogP contribution in [0.1, 0.15) is 10.4 Å². The number of benzene rings is 1. The smallest absolute Gasteiger partial charge is 0.337 e. The summed E-state index contributed by atoms with van der Waals surface area (Å²) in [5, 5.41) is 8.64. The molecule has 1 N–H and O–H groups in total. The maximum atomic E-state index is 10.5. The molecule has 0 heterocycles. The molecule has 0 fully saturated rings. The lowest BCUT2D eigenvalue weighted by atomic mass is 10.2. The number of hydrogen-bond donors (Lipinski definition) is 1. The van der Waals surface area contributed by atoms with E-state index >= 15 is 0 Å². The molecule has 0 aliphatic carbocycles. The van der Waals surface area contributed by atoms with Crippen LogP contribution in [0.4, 0.5) is 5.69 Å². The Morgan fingerprint density at radius 2 is 2.23 bits per heavy atom. The average molecular weight is 198 g/mol. The number of nitrogens with zero attached hydrogens (tertiary/aromatic N) is 1. The van der Waals surface area contributed by atoms with Gasteiger partial charge in [0.15, 0.2) is 0 Å². The lowest BCUT2D eigenvalue weighted by molar-refractivity contribution is 0.0697. The zero-order valence-electron chi connectivity index (χ0n) is 6.32. The molecule has 1 aromatic rings. The van der Waals surface area contributed by atoms with Crippen LogP contribution < -0.4 is 0 Å². The summed E-state index contributed by atoms with van der Waals surface area (Å²) in [5.41, 5.74) is 0.261. The second-order valence-electron chi connectivity index (χ2n) is 2.17. The third-order valence-electron chi connectivity index (χ3n) is 1.36. The SMILES string of the molecule is O=C=Nc1ccc(C(=O)O)c(Cl)c1. The van der Waals surface area contributed by atoms with Gasteiger partial charge in [-0.25, -0.2) is 9.59 Å². The normalized spacial score (nSPS) is 9.00. The molecule has 0 saturated heterocycles. The van der Waals surface area contributed by atoms with Gasteiger partial charge in [0.05, 0.1) is 16.3 Å². The first-order valence-electron chi connectivity index (χ1n) is 3.26. The van der Waals surface area contributed by atoms with E-state index in [9.17, 15) is 9.59 Å². The predicted octanol–water partition coefficient (Wildman–Crippen LogP) is 2.01. The van der Waals surface area contributed by atoms with Gasteiger partial charge in [0.2, 0.25) is 6.08 Å². The fraction of sp³-hybridized carbons (Fsp3) is 0. The van der Waals surface area contributed by atoms with E-state index in [0.29, 0.717) is 0 Å². The summed E-state index contributed by atoms with van der Waals surface area (Å²) in [6.07, 6.45) is 1.33. The van der Waals surface area contributed by atoms with Crippen molar-refractivity contribution in [1.82, 2.24) is 0 Å². The highest BCUT2D eigenvalue weighted by Crippen LogP contribution is 2.22. The minimum Gasteiger partial charge on any atom is -0.478 e. The van der Waals surface area contributed by atoms with Crippen LogP contribution in [0.5, 0.6) is 0 Å². The predicted molar refractivity (Wildman–Crippen MR) is 46.2 cm³/mol. The van der Waals surface area contributed by atoms with Crippen LogP contribution in [0.3, 0.4) is 0 Å². The maximum absolute atomic E-state index is 10.5. The zero-order chi connectivity index (χ0) is 9.84. The van der Waals surface area contributed by atoms with Crippen molar-refractivity contribution in [2.75, 3.05) is 0 Å². The van der Waals surface area contributed by atoms with E-state index in [1.807, 2.05) is 0 Å². The molecule has 0 spiro atoms. The van der Waals surface area contributed by atoms with Crippen molar-refractivity contribution in [3.05, 3.63) is 28.8 Å². The van der Waals surface area contributed by atoms with Gasteiger partial charge in [-0.3, -0.25) is 0 Å². The first-order chi connectivity index (χ1) is 6.15. The molecule has 13 heavy (non-hydrogen) atoms. The Hall–Kier alpha value is -1.64. The van der Waals surface area contributed by atoms with Crippen LogP contribution in [-0.4, -0.2) is 17.2 Å². The van der Waals surface area contributed by atoms with E-state index in [-0.39, 0.29) is 16.3 Å². The molecule has 0 amide bonds. The van der Waals surface area contributed by atoms with Crippen LogP contribution in [0.25, 0.3) is 0 Å². The van der Waals surface area contributed by atoms with Crippen LogP contribution in [0, 0.1) is 0 Å². The molecule has 1 rings (SSSR count). The number of carbonyl (C=O) groups excluding carboxylic acids is 1. The average Bonchev–Trinajstić information content (AvgIpc) is 2.04. The van der Waals surface area contributed by atoms with Gasteiger partial charge >= 0.3 is 5.97 Å². The van der Waals surface area contributed by atoms with Gasteiger partial charge in [-0.2, -0.15) is 4.99 Å². The molecule has 4 nitrogen and oxygen atoms in total. The van der Waals surface area contributed by atoms with Crippen molar-refractivity contribution in [1.29, 1.82) is 0 Å². The fourth-order valence-corrected chi connectivity index (χ4v) is 1.06. The Morgan fingerprint density at radius 3 is 2.69 bits per heavy atom. The zero-order valence-corrected chi connectivity index (χ0v) is 7.08. The van der Waals surface area contributed by atoms with Crippen molar-refractivity contribution >= 4 is 29.3 Å². The van der Waals surface area contributed by atoms with Crippen LogP contribution in [0.2, 0.25) is 5.02 Å². The maximum Gasteiger partial charge on any atom is 0.337 e. The van der Waals surface area contributed by atoms with E-state index in [1.54, 1.807) is 0 Å². The van der Waals surface area contributed by atoms with Crippen molar-refractivity contribution in [3.8, 4) is 0 Å². The third-order valence-corrected chi connectivity index (χ3v) is 1.67. The summed E-state index contributed by atoms with van der Waals surface area (Å²) in [5.74, 6) is -1.12. The van der Waals surface area contributed by atoms with Gasteiger partial charge < -0.3 is 5.11 Å². The van der Waals surface area contributed by atoms with Gasteiger partial charge in [-0.15, -0.1) is 0 Å². The van der Waals surface area contributed by atoms with Crippen LogP contribution >= 0.6 is 11.6 Å². The van der Waals surface area contributed by atoms with E-state index in [2.05, 4.69) is 4.99 Å². The quantitative estimate of drug-likeness (QED) is 0.583. The summed E-state index contributed by atoms with van der Waals surface area (Å²) in [7, 11) is 0. The number of hydrogen-bond acceptors (Lipinski definition) is 3. The molecule has 0 aliphatic rings. The molecular weight excluding hydrogens is 194 g/mol. The van der Waals surface area contributed by atoms with Gasteiger partial charge in [-0.05, 0) is 18.2 Å². The van der Waals surface area contributed by atoms with Gasteiger partial charge in [-0.1, -0.05) is 11.6 Å². The number of rotatable bonds is 2. The number of aromatic carboxylic acids is 1. The van der Waals surface area contributed by atoms with Crippen molar-refractivity contribution < 1.29 is 14.7 Å². The number of carboxylic acids is 1. The number of aliphatic imine (C=N–C) groups is 1. The van der Waals surface area contributed by atoms with Gasteiger partial charge in [0, 0.05) is 0 Å². The molecular formula is C8H4ClNO3. The molecule has 0 aromatic heterocycles. The van der Waals surface area contributed by atoms with Crippen molar-refractivity contribution in [3.63, 3.8) is 0 Å². The molecule has 66 valence electrons. The first-order valence-corrected chi connectivity index (χ1v) is 3.63. The lowest BCUT2D eigenvalue weighted by Gasteiger charge is -1.97. The van der Waals surface area contributed by atoms with Gasteiger partial charge in [0.25, 0.3) is 0 Å². The Kier molecular flexibility index (Phi) is 2.80. The van der Waals surface area contributed by atoms with Crippen LogP contribution in [-0.2, 0) is 4.79 Å². The summed E-state index contributed by atoms with van der Waals surface area (Å²) in [4.78, 5) is 23.6. The highest BCUT2D eigenvalue weighted by atomic mass is 35.5. The second-order valence-corrected chi connectivity index (χ2v) is 2.58. The van der Waals surface area contributed by atoms with Crippen molar-refractivity contribution in [2.45, 2.75) is 0 Å². The Labute approximate surface area is 78.5 Å². The Morgan fingerprint density at radius 1 is 1.54 bits per heavy atom. The summed E-state index contributed by atoms with van der Waals surface area (Å²) in [6, 6.07) is 3.94. The molecule has 1 aromatic carbocycles. The summed E-state index contributed by atoms with van der Waals surface area (Å²) in [6.45, 7) is 0.